The molecule has 21 heavy (non-hydrogen) atoms. The Hall–Kier alpha value is -1.32. The van der Waals surface area contributed by atoms with Crippen LogP contribution in [0.2, 0.25) is 0 Å². The number of benzene rings is 2. The topological polar surface area (TPSA) is 32.3 Å². The van der Waals surface area contributed by atoms with E-state index in [4.69, 9.17) is 0 Å². The molecule has 3 rings (SSSR count). The Morgan fingerprint density at radius 3 is 2.62 bits per heavy atom. The second-order valence-electron chi connectivity index (χ2n) is 5.90. The first-order chi connectivity index (χ1) is 10.1. The van der Waals surface area contributed by atoms with E-state index >= 15 is 0 Å². The van der Waals surface area contributed by atoms with Crippen LogP contribution < -0.4 is 5.32 Å². The smallest absolute Gasteiger partial charge is 0.0859 e. The lowest BCUT2D eigenvalue weighted by molar-refractivity contribution is 0.190. The second-order valence-corrected chi connectivity index (χ2v) is 6.81. The largest absolute Gasteiger partial charge is 0.394 e. The predicted octanol–water partition coefficient (Wildman–Crippen LogP) is 4.65. The Labute approximate surface area is 134 Å². The highest BCUT2D eigenvalue weighted by Gasteiger charge is 2.38. The summed E-state index contributed by atoms with van der Waals surface area (Å²) in [5, 5.41) is 13.7. The minimum absolute atomic E-state index is 0.104. The molecule has 0 saturated carbocycles. The third kappa shape index (κ3) is 2.72. The highest BCUT2D eigenvalue weighted by molar-refractivity contribution is 9.10. The molecule has 0 spiro atoms. The van der Waals surface area contributed by atoms with Gasteiger partial charge in [0.1, 0.15) is 0 Å². The van der Waals surface area contributed by atoms with Gasteiger partial charge in [0, 0.05) is 10.2 Å². The van der Waals surface area contributed by atoms with Crippen LogP contribution in [0.5, 0.6) is 0 Å². The van der Waals surface area contributed by atoms with E-state index in [2.05, 4.69) is 52.4 Å². The minimum atomic E-state index is -0.378. The van der Waals surface area contributed by atoms with Crippen LogP contribution in [0.15, 0.2) is 53.0 Å². The average Bonchev–Trinajstić information content (AvgIpc) is 2.53. The van der Waals surface area contributed by atoms with Crippen LogP contribution in [-0.4, -0.2) is 11.7 Å². The fourth-order valence-electron chi connectivity index (χ4n) is 3.26. The summed E-state index contributed by atoms with van der Waals surface area (Å²) in [7, 11) is 0. The molecule has 1 aliphatic rings. The van der Waals surface area contributed by atoms with Crippen molar-refractivity contribution in [2.75, 3.05) is 11.9 Å². The van der Waals surface area contributed by atoms with Crippen LogP contribution in [0.1, 0.15) is 36.8 Å². The average molecular weight is 346 g/mol. The summed E-state index contributed by atoms with van der Waals surface area (Å²) < 4.78 is 1.06. The normalized spacial score (nSPS) is 24.4. The highest BCUT2D eigenvalue weighted by atomic mass is 79.9. The number of aliphatic hydroxyl groups is 1. The van der Waals surface area contributed by atoms with Gasteiger partial charge in [-0.25, -0.2) is 0 Å². The molecule has 0 radical (unpaired) electrons. The van der Waals surface area contributed by atoms with E-state index in [9.17, 15) is 5.11 Å². The lowest BCUT2D eigenvalue weighted by atomic mass is 9.72. The Morgan fingerprint density at radius 2 is 1.90 bits per heavy atom. The fraction of sp³-hybridized carbons (Fsp3) is 0.333. The Balaban J connectivity index is 2.01. The molecular formula is C18H20BrNO. The van der Waals surface area contributed by atoms with Crippen LogP contribution >= 0.6 is 15.9 Å². The molecule has 0 saturated heterocycles. The van der Waals surface area contributed by atoms with Crippen molar-refractivity contribution >= 4 is 21.6 Å². The predicted molar refractivity (Wildman–Crippen MR) is 90.6 cm³/mol. The summed E-state index contributed by atoms with van der Waals surface area (Å²) in [5.41, 5.74) is 3.24. The number of anilines is 1. The maximum Gasteiger partial charge on any atom is 0.0859 e. The van der Waals surface area contributed by atoms with Crippen LogP contribution in [0.3, 0.4) is 0 Å². The summed E-state index contributed by atoms with van der Waals surface area (Å²) in [6, 6.07) is 16.6. The number of aliphatic hydroxyl groups excluding tert-OH is 1. The van der Waals surface area contributed by atoms with E-state index < -0.39 is 0 Å². The Morgan fingerprint density at radius 1 is 1.19 bits per heavy atom. The Bertz CT molecular complexity index is 625. The van der Waals surface area contributed by atoms with Gasteiger partial charge in [-0.15, -0.1) is 0 Å². The molecule has 2 aromatic rings. The quantitative estimate of drug-likeness (QED) is 0.848. The van der Waals surface area contributed by atoms with Crippen LogP contribution in [0.4, 0.5) is 5.69 Å². The first-order valence-corrected chi connectivity index (χ1v) is 8.18. The van der Waals surface area contributed by atoms with Crippen molar-refractivity contribution in [2.45, 2.75) is 31.2 Å². The first kappa shape index (κ1) is 14.6. The van der Waals surface area contributed by atoms with Gasteiger partial charge in [0.15, 0.2) is 0 Å². The van der Waals surface area contributed by atoms with Crippen molar-refractivity contribution in [2.24, 2.45) is 0 Å². The molecular weight excluding hydrogens is 326 g/mol. The standard InChI is InChI=1S/C18H20BrNO/c1-13-10-11-18(12-21,17-5-3-2-4-16(13)17)20-15-8-6-14(19)7-9-15/h2-9,13,20-21H,10-12H2,1H3. The van der Waals surface area contributed by atoms with Gasteiger partial charge < -0.3 is 10.4 Å². The summed E-state index contributed by atoms with van der Waals surface area (Å²) in [5.74, 6) is 0.549. The third-order valence-electron chi connectivity index (χ3n) is 4.51. The van der Waals surface area contributed by atoms with Gasteiger partial charge in [-0.1, -0.05) is 47.1 Å². The number of halogens is 1. The number of rotatable bonds is 3. The number of hydrogen-bond acceptors (Lipinski definition) is 2. The van der Waals surface area contributed by atoms with Gasteiger partial charge in [0.2, 0.25) is 0 Å². The SMILES string of the molecule is CC1CCC(CO)(Nc2ccc(Br)cc2)c2ccccc21. The van der Waals surface area contributed by atoms with Crippen molar-refractivity contribution in [1.29, 1.82) is 0 Å². The number of hydrogen-bond donors (Lipinski definition) is 2. The first-order valence-electron chi connectivity index (χ1n) is 7.39. The zero-order valence-corrected chi connectivity index (χ0v) is 13.7. The van der Waals surface area contributed by atoms with E-state index in [-0.39, 0.29) is 12.1 Å². The summed E-state index contributed by atoms with van der Waals surface area (Å²) >= 11 is 3.46. The molecule has 2 aromatic carbocycles. The van der Waals surface area contributed by atoms with Crippen LogP contribution in [-0.2, 0) is 5.54 Å². The molecule has 0 aliphatic heterocycles. The molecule has 0 aromatic heterocycles. The second kappa shape index (κ2) is 5.82. The van der Waals surface area contributed by atoms with Crippen molar-refractivity contribution in [1.82, 2.24) is 0 Å². The molecule has 0 fully saturated rings. The van der Waals surface area contributed by atoms with Gasteiger partial charge in [-0.2, -0.15) is 0 Å². The van der Waals surface area contributed by atoms with Gasteiger partial charge >= 0.3 is 0 Å². The molecule has 2 atom stereocenters. The minimum Gasteiger partial charge on any atom is -0.394 e. The van der Waals surface area contributed by atoms with Crippen LogP contribution in [0.25, 0.3) is 0 Å². The molecule has 1 aliphatic carbocycles. The molecule has 2 N–H and O–H groups in total. The monoisotopic (exact) mass is 345 g/mol. The maximum atomic E-state index is 10.1. The number of fused-ring (bicyclic) bond motifs is 1. The van der Waals surface area contributed by atoms with Crippen molar-refractivity contribution in [3.8, 4) is 0 Å². The summed E-state index contributed by atoms with van der Waals surface area (Å²) in [6.07, 6.45) is 2.03. The molecule has 0 heterocycles. The molecule has 2 unspecified atom stereocenters. The van der Waals surface area contributed by atoms with Gasteiger partial charge in [-0.05, 0) is 54.2 Å². The molecule has 0 amide bonds. The summed E-state index contributed by atoms with van der Waals surface area (Å²) in [6.45, 7) is 2.37. The van der Waals surface area contributed by atoms with E-state index in [0.29, 0.717) is 5.92 Å². The molecule has 110 valence electrons. The lowest BCUT2D eigenvalue weighted by Gasteiger charge is -2.41. The fourth-order valence-corrected chi connectivity index (χ4v) is 3.52. The maximum absolute atomic E-state index is 10.1. The highest BCUT2D eigenvalue weighted by Crippen LogP contribution is 2.42. The molecule has 3 heteroatoms. The number of nitrogens with one attached hydrogen (secondary N) is 1. The molecule has 0 bridgehead atoms. The summed E-state index contributed by atoms with van der Waals surface area (Å²) in [4.78, 5) is 0. The van der Waals surface area contributed by atoms with Gasteiger partial charge in [-0.3, -0.25) is 0 Å². The van der Waals surface area contributed by atoms with Crippen molar-refractivity contribution < 1.29 is 5.11 Å². The lowest BCUT2D eigenvalue weighted by Crippen LogP contribution is -2.42. The molecule has 2 nitrogen and oxygen atoms in total. The van der Waals surface area contributed by atoms with Gasteiger partial charge in [0.05, 0.1) is 12.1 Å². The van der Waals surface area contributed by atoms with Gasteiger partial charge in [0.25, 0.3) is 0 Å². The zero-order chi connectivity index (χ0) is 14.9. The zero-order valence-electron chi connectivity index (χ0n) is 12.1. The van der Waals surface area contributed by atoms with E-state index in [0.717, 1.165) is 23.0 Å². The van der Waals surface area contributed by atoms with Crippen molar-refractivity contribution in [3.63, 3.8) is 0 Å². The van der Waals surface area contributed by atoms with Crippen LogP contribution in [0, 0.1) is 0 Å². The van der Waals surface area contributed by atoms with Crippen molar-refractivity contribution in [3.05, 3.63) is 64.1 Å². The van der Waals surface area contributed by atoms with E-state index in [1.165, 1.54) is 11.1 Å². The van der Waals surface area contributed by atoms with E-state index in [1.807, 2.05) is 24.3 Å². The third-order valence-corrected chi connectivity index (χ3v) is 5.04. The van der Waals surface area contributed by atoms with E-state index in [1.54, 1.807) is 0 Å². The Kier molecular flexibility index (Phi) is 4.05.